The van der Waals surface area contributed by atoms with E-state index in [0.29, 0.717) is 13.1 Å². The van der Waals surface area contributed by atoms with E-state index in [9.17, 15) is 8.42 Å². The van der Waals surface area contributed by atoms with Crippen molar-refractivity contribution in [3.8, 4) is 17.0 Å². The number of sulfonamides is 1. The van der Waals surface area contributed by atoms with Gasteiger partial charge in [0, 0.05) is 54.3 Å². The fourth-order valence-corrected chi connectivity index (χ4v) is 7.09. The number of fused-ring (bicyclic) bond motifs is 1. The van der Waals surface area contributed by atoms with Gasteiger partial charge in [-0.25, -0.2) is 17.7 Å². The van der Waals surface area contributed by atoms with Crippen LogP contribution in [0.1, 0.15) is 42.7 Å². The molecule has 1 spiro atoms. The summed E-state index contributed by atoms with van der Waals surface area (Å²) in [6, 6.07) is 9.98. The third-order valence-electron chi connectivity index (χ3n) is 8.02. The quantitative estimate of drug-likeness (QED) is 0.385. The van der Waals surface area contributed by atoms with Crippen molar-refractivity contribution in [1.29, 1.82) is 0 Å². The normalized spacial score (nSPS) is 18.3. The lowest BCUT2D eigenvalue weighted by atomic mass is 9.74. The van der Waals surface area contributed by atoms with Crippen molar-refractivity contribution in [2.75, 3.05) is 37.3 Å². The number of rotatable bonds is 6. The highest BCUT2D eigenvalue weighted by Gasteiger charge is 2.47. The van der Waals surface area contributed by atoms with Gasteiger partial charge >= 0.3 is 0 Å². The lowest BCUT2D eigenvalue weighted by Gasteiger charge is -2.54. The van der Waals surface area contributed by atoms with Gasteiger partial charge < -0.3 is 9.64 Å². The van der Waals surface area contributed by atoms with Gasteiger partial charge in [0.05, 0.1) is 23.7 Å². The Balaban J connectivity index is 1.18. The van der Waals surface area contributed by atoms with E-state index in [1.165, 1.54) is 6.26 Å². The molecule has 0 bridgehead atoms. The molecule has 39 heavy (non-hydrogen) atoms. The molecule has 0 radical (unpaired) electrons. The van der Waals surface area contributed by atoms with Crippen LogP contribution in [0.4, 0.5) is 5.82 Å². The largest absolute Gasteiger partial charge is 0.486 e. The molecule has 3 aromatic heterocycles. The van der Waals surface area contributed by atoms with Crippen molar-refractivity contribution in [1.82, 2.24) is 29.7 Å². The number of benzene rings is 1. The van der Waals surface area contributed by atoms with Crippen LogP contribution in [-0.2, 0) is 10.0 Å². The molecule has 6 rings (SSSR count). The summed E-state index contributed by atoms with van der Waals surface area (Å²) in [5.74, 6) is 1.65. The monoisotopic (exact) mass is 547 g/mol. The maximum absolute atomic E-state index is 12.1. The van der Waals surface area contributed by atoms with Crippen LogP contribution < -0.4 is 9.64 Å². The number of pyridine rings is 1. The number of H-pyrrole nitrogens is 1. The Labute approximate surface area is 228 Å². The highest BCUT2D eigenvalue weighted by molar-refractivity contribution is 7.88. The first-order valence-corrected chi connectivity index (χ1v) is 15.1. The summed E-state index contributed by atoms with van der Waals surface area (Å²) >= 11 is 0. The van der Waals surface area contributed by atoms with E-state index in [-0.39, 0.29) is 11.5 Å². The van der Waals surface area contributed by atoms with Crippen LogP contribution in [0.3, 0.4) is 0 Å². The summed E-state index contributed by atoms with van der Waals surface area (Å²) in [7, 11) is -3.16. The van der Waals surface area contributed by atoms with Gasteiger partial charge in [-0.15, -0.1) is 0 Å². The maximum atomic E-state index is 12.1. The van der Waals surface area contributed by atoms with E-state index >= 15 is 0 Å². The molecule has 0 aliphatic carbocycles. The molecule has 10 nitrogen and oxygen atoms in total. The topological polar surface area (TPSA) is 117 Å². The van der Waals surface area contributed by atoms with Gasteiger partial charge in [-0.3, -0.25) is 5.10 Å². The Morgan fingerprint density at radius 2 is 1.92 bits per heavy atom. The predicted molar refractivity (Wildman–Crippen MR) is 150 cm³/mol. The van der Waals surface area contributed by atoms with Crippen LogP contribution >= 0.6 is 0 Å². The second kappa shape index (κ2) is 9.56. The van der Waals surface area contributed by atoms with Gasteiger partial charge in [0.15, 0.2) is 0 Å². The predicted octanol–water partition coefficient (Wildman–Crippen LogP) is 4.03. The number of nitrogens with one attached hydrogen (secondary N) is 1. The number of ether oxygens (including phenoxy) is 1. The summed E-state index contributed by atoms with van der Waals surface area (Å²) in [5.41, 5.74) is 5.63. The van der Waals surface area contributed by atoms with Gasteiger partial charge in [0.2, 0.25) is 10.0 Å². The number of piperidine rings is 1. The molecule has 2 aliphatic rings. The van der Waals surface area contributed by atoms with Crippen molar-refractivity contribution in [3.63, 3.8) is 0 Å². The first kappa shape index (κ1) is 25.7. The third kappa shape index (κ3) is 4.85. The first-order valence-electron chi connectivity index (χ1n) is 13.2. The Morgan fingerprint density at radius 1 is 1.10 bits per heavy atom. The van der Waals surface area contributed by atoms with Crippen LogP contribution in [0, 0.1) is 19.3 Å². The summed E-state index contributed by atoms with van der Waals surface area (Å²) in [4.78, 5) is 6.96. The van der Waals surface area contributed by atoms with E-state index in [1.54, 1.807) is 10.5 Å². The second-order valence-corrected chi connectivity index (χ2v) is 13.0. The Bertz CT molecular complexity index is 1610. The number of aromatic nitrogens is 5. The van der Waals surface area contributed by atoms with Crippen LogP contribution in [0.15, 0.2) is 42.7 Å². The van der Waals surface area contributed by atoms with E-state index < -0.39 is 10.0 Å². The highest BCUT2D eigenvalue weighted by atomic mass is 32.2. The molecule has 0 saturated carbocycles. The zero-order chi connectivity index (χ0) is 27.4. The van der Waals surface area contributed by atoms with Gasteiger partial charge in [-0.1, -0.05) is 0 Å². The van der Waals surface area contributed by atoms with Crippen LogP contribution in [0.2, 0.25) is 0 Å². The fourth-order valence-electron chi connectivity index (χ4n) is 6.12. The molecule has 2 fully saturated rings. The third-order valence-corrected chi connectivity index (χ3v) is 9.27. The molecule has 204 valence electrons. The minimum absolute atomic E-state index is 0.0248. The zero-order valence-electron chi connectivity index (χ0n) is 22.7. The minimum atomic E-state index is -3.16. The average molecular weight is 548 g/mol. The molecule has 1 aromatic carbocycles. The van der Waals surface area contributed by atoms with Crippen molar-refractivity contribution in [2.24, 2.45) is 5.41 Å². The molecule has 4 aromatic rings. The molecule has 2 saturated heterocycles. The van der Waals surface area contributed by atoms with Crippen molar-refractivity contribution >= 4 is 26.7 Å². The summed E-state index contributed by atoms with van der Waals surface area (Å²) in [6.45, 7) is 8.85. The number of hydrogen-bond donors (Lipinski definition) is 1. The van der Waals surface area contributed by atoms with E-state index in [4.69, 9.17) is 9.72 Å². The van der Waals surface area contributed by atoms with Crippen LogP contribution in [0.5, 0.6) is 5.75 Å². The molecule has 5 heterocycles. The first-order chi connectivity index (χ1) is 18.6. The lowest BCUT2D eigenvalue weighted by molar-refractivity contribution is 0.108. The molecular weight excluding hydrogens is 514 g/mol. The van der Waals surface area contributed by atoms with Crippen molar-refractivity contribution in [2.45, 2.75) is 39.7 Å². The van der Waals surface area contributed by atoms with Gasteiger partial charge in [-0.2, -0.15) is 15.3 Å². The smallest absolute Gasteiger partial charge is 0.211 e. The Hall–Kier alpha value is -3.57. The summed E-state index contributed by atoms with van der Waals surface area (Å²) in [5, 5.41) is 16.8. The lowest BCUT2D eigenvalue weighted by Crippen LogP contribution is -2.63. The van der Waals surface area contributed by atoms with Crippen LogP contribution in [-0.4, -0.2) is 70.5 Å². The zero-order valence-corrected chi connectivity index (χ0v) is 23.5. The van der Waals surface area contributed by atoms with E-state index in [0.717, 1.165) is 76.5 Å². The average Bonchev–Trinajstić information content (AvgIpc) is 3.30. The molecule has 2 aliphatic heterocycles. The van der Waals surface area contributed by atoms with Gasteiger partial charge in [-0.05, 0) is 69.5 Å². The van der Waals surface area contributed by atoms with E-state index in [1.807, 2.05) is 57.3 Å². The number of nitrogens with zero attached hydrogens (tertiary/aromatic N) is 6. The summed E-state index contributed by atoms with van der Waals surface area (Å²) in [6.07, 6.45) is 6.69. The maximum Gasteiger partial charge on any atom is 0.211 e. The van der Waals surface area contributed by atoms with Crippen LogP contribution in [0.25, 0.3) is 22.2 Å². The molecule has 1 unspecified atom stereocenters. The molecule has 11 heteroatoms. The Morgan fingerprint density at radius 3 is 2.64 bits per heavy atom. The van der Waals surface area contributed by atoms with Gasteiger partial charge in [0.1, 0.15) is 23.4 Å². The minimum Gasteiger partial charge on any atom is -0.486 e. The highest BCUT2D eigenvalue weighted by Crippen LogP contribution is 2.41. The number of aromatic amines is 1. The second-order valence-electron chi connectivity index (χ2n) is 11.0. The fraction of sp³-hybridized carbons (Fsp3) is 0.429. The summed E-state index contributed by atoms with van der Waals surface area (Å²) < 4.78 is 32.0. The molecule has 1 N–H and O–H groups in total. The Kier molecular flexibility index (Phi) is 6.30. The van der Waals surface area contributed by atoms with E-state index in [2.05, 4.69) is 25.3 Å². The van der Waals surface area contributed by atoms with Gasteiger partial charge in [0.25, 0.3) is 0 Å². The SMILES string of the molecule is Cc1cnnc(C)c1C(C)Oc1ccc2[nH]nc(-c3ccc(N4CC5(CCCN(S(C)(=O)=O)C5)C4)nc3)c2c1. The van der Waals surface area contributed by atoms with Crippen molar-refractivity contribution in [3.05, 3.63) is 59.5 Å². The van der Waals surface area contributed by atoms with Crippen molar-refractivity contribution < 1.29 is 13.2 Å². The standard InChI is InChI=1S/C28H33N7O3S/c1-18-13-30-31-19(2)26(18)20(3)38-22-7-8-24-23(12-22)27(33-32-24)21-6-9-25(29-14-21)34-15-28(16-34)10-5-11-35(17-28)39(4,36)37/h6-9,12-14,20H,5,10-11,15-17H2,1-4H3,(H,32,33). The molecular formula is C28H33N7O3S. The number of aryl methyl sites for hydroxylation is 2. The molecule has 1 atom stereocenters. The number of anilines is 1. The number of hydrogen-bond acceptors (Lipinski definition) is 8. The molecule has 0 amide bonds.